The van der Waals surface area contributed by atoms with E-state index in [0.717, 1.165) is 0 Å². The van der Waals surface area contributed by atoms with E-state index in [4.69, 9.17) is 0 Å². The number of esters is 2. The summed E-state index contributed by atoms with van der Waals surface area (Å²) in [6.45, 7) is 0. The second-order valence-corrected chi connectivity index (χ2v) is 3.54. The van der Waals surface area contributed by atoms with Crippen LogP contribution in [0.2, 0.25) is 0 Å². The molecule has 0 aromatic rings. The average molecular weight is 271 g/mol. The Balaban J connectivity index is 4.04. The van der Waals surface area contributed by atoms with Crippen LogP contribution in [0.1, 0.15) is 12.8 Å². The van der Waals surface area contributed by atoms with Crippen molar-refractivity contribution in [2.24, 2.45) is 0 Å². The molecule has 0 saturated heterocycles. The number of carbonyl (C=O) groups is 2. The highest BCUT2D eigenvalue weighted by Crippen LogP contribution is 2.25. The molecule has 0 atom stereocenters. The minimum absolute atomic E-state index is 1.59. The Morgan fingerprint density at radius 3 is 1.40 bits per heavy atom. The number of carbonyl (C=O) groups excluding carboxylic acids is 2. The van der Waals surface area contributed by atoms with Gasteiger partial charge in [0.2, 0.25) is 0 Å². The molecule has 0 rings (SSSR count). The Bertz CT molecular complexity index is 232. The zero-order chi connectivity index (χ0) is 12.3. The first-order chi connectivity index (χ1) is 6.49. The van der Waals surface area contributed by atoms with Gasteiger partial charge in [-0.3, -0.25) is 9.59 Å². The lowest BCUT2D eigenvalue weighted by Gasteiger charge is -2.08. The predicted octanol–water partition coefficient (Wildman–Crippen LogP) is 2.50. The topological polar surface area (TPSA) is 43.4 Å². The zero-order valence-electron chi connectivity index (χ0n) is 6.91. The van der Waals surface area contributed by atoms with Crippen molar-refractivity contribution in [3.8, 4) is 0 Å². The SMILES string of the molecule is O=C(CC(F)(F)Cl)OC(=O)CC(F)(F)Cl. The first kappa shape index (κ1) is 14.4. The molecule has 0 aliphatic heterocycles. The minimum Gasteiger partial charge on any atom is -0.393 e. The monoisotopic (exact) mass is 270 g/mol. The van der Waals surface area contributed by atoms with Gasteiger partial charge in [-0.2, -0.15) is 17.6 Å². The molecule has 0 heterocycles. The molecule has 0 spiro atoms. The Labute approximate surface area is 91.3 Å². The summed E-state index contributed by atoms with van der Waals surface area (Å²) in [5.41, 5.74) is 0. The van der Waals surface area contributed by atoms with Crippen molar-refractivity contribution in [3.05, 3.63) is 0 Å². The van der Waals surface area contributed by atoms with E-state index in [0.29, 0.717) is 0 Å². The molecule has 0 aromatic heterocycles. The largest absolute Gasteiger partial charge is 0.393 e. The third kappa shape index (κ3) is 9.74. The van der Waals surface area contributed by atoms with E-state index in [-0.39, 0.29) is 0 Å². The fourth-order valence-corrected chi connectivity index (χ4v) is 0.745. The fourth-order valence-electron chi connectivity index (χ4n) is 0.526. The van der Waals surface area contributed by atoms with Crippen molar-refractivity contribution in [2.75, 3.05) is 0 Å². The summed E-state index contributed by atoms with van der Waals surface area (Å²) in [7, 11) is 0. The summed E-state index contributed by atoms with van der Waals surface area (Å²) in [4.78, 5) is 20.9. The molecule has 9 heteroatoms. The van der Waals surface area contributed by atoms with Gasteiger partial charge in [0.1, 0.15) is 12.8 Å². The highest BCUT2D eigenvalue weighted by molar-refractivity contribution is 6.23. The minimum atomic E-state index is -3.89. The van der Waals surface area contributed by atoms with Crippen molar-refractivity contribution in [2.45, 2.75) is 23.6 Å². The van der Waals surface area contributed by atoms with Crippen molar-refractivity contribution >= 4 is 35.1 Å². The number of hydrogen-bond acceptors (Lipinski definition) is 3. The van der Waals surface area contributed by atoms with E-state index in [1.807, 2.05) is 0 Å². The van der Waals surface area contributed by atoms with Gasteiger partial charge < -0.3 is 4.74 Å². The van der Waals surface area contributed by atoms with Crippen molar-refractivity contribution in [1.29, 1.82) is 0 Å². The van der Waals surface area contributed by atoms with Gasteiger partial charge in [0.05, 0.1) is 0 Å². The Kier molecular flexibility index (Phi) is 4.79. The standard InChI is InChI=1S/C6H4Cl2F4O3/c7-5(9,10)1-3(13)15-4(14)2-6(8,11)12/h1-2H2. The quantitative estimate of drug-likeness (QED) is 0.341. The fraction of sp³-hybridized carbons (Fsp3) is 0.667. The molecule has 0 saturated carbocycles. The third-order valence-corrected chi connectivity index (χ3v) is 1.18. The second-order valence-electron chi connectivity index (χ2n) is 2.43. The van der Waals surface area contributed by atoms with E-state index in [2.05, 4.69) is 27.9 Å². The normalized spacial score (nSPS) is 12.4. The van der Waals surface area contributed by atoms with Crippen LogP contribution in [0.3, 0.4) is 0 Å². The Hall–Kier alpha value is -0.560. The second kappa shape index (κ2) is 4.98. The van der Waals surface area contributed by atoms with Crippen LogP contribution in [0.5, 0.6) is 0 Å². The number of alkyl halides is 6. The van der Waals surface area contributed by atoms with E-state index in [1.165, 1.54) is 0 Å². The van der Waals surface area contributed by atoms with Gasteiger partial charge in [0, 0.05) is 0 Å². The molecule has 0 aliphatic rings. The Morgan fingerprint density at radius 2 is 1.20 bits per heavy atom. The van der Waals surface area contributed by atoms with E-state index in [9.17, 15) is 27.2 Å². The number of rotatable bonds is 4. The van der Waals surface area contributed by atoms with Gasteiger partial charge in [-0.15, -0.1) is 0 Å². The smallest absolute Gasteiger partial charge is 0.332 e. The number of ether oxygens (including phenoxy) is 1. The van der Waals surface area contributed by atoms with Crippen LogP contribution in [0.4, 0.5) is 17.6 Å². The van der Waals surface area contributed by atoms with Gasteiger partial charge in [-0.05, 0) is 23.2 Å². The maximum Gasteiger partial charge on any atom is 0.332 e. The predicted molar refractivity (Wildman–Crippen MR) is 41.9 cm³/mol. The van der Waals surface area contributed by atoms with E-state index < -0.39 is 35.5 Å². The first-order valence-electron chi connectivity index (χ1n) is 3.36. The van der Waals surface area contributed by atoms with Gasteiger partial charge in [0.25, 0.3) is 0 Å². The van der Waals surface area contributed by atoms with Crippen molar-refractivity contribution in [3.63, 3.8) is 0 Å². The molecule has 88 valence electrons. The highest BCUT2D eigenvalue weighted by atomic mass is 35.5. The number of hydrogen-bond donors (Lipinski definition) is 0. The third-order valence-electron chi connectivity index (χ3n) is 0.917. The van der Waals surface area contributed by atoms with Crippen molar-refractivity contribution < 1.29 is 31.9 Å². The van der Waals surface area contributed by atoms with Crippen LogP contribution >= 0.6 is 23.2 Å². The van der Waals surface area contributed by atoms with Crippen LogP contribution < -0.4 is 0 Å². The molecule has 0 fully saturated rings. The maximum absolute atomic E-state index is 11.9. The van der Waals surface area contributed by atoms with Gasteiger partial charge in [-0.25, -0.2) is 0 Å². The molecule has 0 N–H and O–H groups in total. The molecule has 3 nitrogen and oxygen atoms in total. The summed E-state index contributed by atoms with van der Waals surface area (Å²) < 4.78 is 51.4. The highest BCUT2D eigenvalue weighted by Gasteiger charge is 2.34. The van der Waals surface area contributed by atoms with Crippen LogP contribution in [0.15, 0.2) is 0 Å². The summed E-state index contributed by atoms with van der Waals surface area (Å²) in [5, 5.41) is -7.78. The molecular weight excluding hydrogens is 267 g/mol. The van der Waals surface area contributed by atoms with Crippen LogP contribution in [-0.4, -0.2) is 22.7 Å². The summed E-state index contributed by atoms with van der Waals surface area (Å²) in [5.74, 6) is -3.41. The van der Waals surface area contributed by atoms with Gasteiger partial charge in [-0.1, -0.05) is 0 Å². The van der Waals surface area contributed by atoms with Crippen LogP contribution in [-0.2, 0) is 14.3 Å². The summed E-state index contributed by atoms with van der Waals surface area (Å²) in [6.07, 6.45) is -3.18. The average Bonchev–Trinajstić information content (AvgIpc) is 1.73. The van der Waals surface area contributed by atoms with E-state index in [1.54, 1.807) is 0 Å². The zero-order valence-corrected chi connectivity index (χ0v) is 8.42. The maximum atomic E-state index is 11.9. The lowest BCUT2D eigenvalue weighted by Crippen LogP contribution is -2.22. The molecule has 0 radical (unpaired) electrons. The Morgan fingerprint density at radius 1 is 0.933 bits per heavy atom. The molecular formula is C6H4Cl2F4O3. The molecule has 0 amide bonds. The summed E-state index contributed by atoms with van der Waals surface area (Å²) in [6, 6.07) is 0. The lowest BCUT2D eigenvalue weighted by molar-refractivity contribution is -0.164. The molecule has 0 aromatic carbocycles. The van der Waals surface area contributed by atoms with Crippen molar-refractivity contribution in [1.82, 2.24) is 0 Å². The van der Waals surface area contributed by atoms with Gasteiger partial charge in [0.15, 0.2) is 0 Å². The first-order valence-corrected chi connectivity index (χ1v) is 4.12. The van der Waals surface area contributed by atoms with E-state index >= 15 is 0 Å². The molecule has 0 unspecified atom stereocenters. The van der Waals surface area contributed by atoms with Crippen LogP contribution in [0.25, 0.3) is 0 Å². The molecule has 15 heavy (non-hydrogen) atoms. The molecule has 0 bridgehead atoms. The summed E-state index contributed by atoms with van der Waals surface area (Å²) >= 11 is 8.65. The van der Waals surface area contributed by atoms with Crippen LogP contribution in [0, 0.1) is 0 Å². The van der Waals surface area contributed by atoms with Gasteiger partial charge >= 0.3 is 22.7 Å². The lowest BCUT2D eigenvalue weighted by atomic mass is 10.4. The number of halogens is 6. The molecule has 0 aliphatic carbocycles.